The molecule has 2 heterocycles. The number of hydrogen-bond acceptors (Lipinski definition) is 4. The van der Waals surface area contributed by atoms with Crippen molar-refractivity contribution in [3.8, 4) is 0 Å². The van der Waals surface area contributed by atoms with Crippen molar-refractivity contribution in [2.24, 2.45) is 11.3 Å². The molecule has 2 aliphatic heterocycles. The van der Waals surface area contributed by atoms with Gasteiger partial charge >= 0.3 is 12.2 Å². The quantitative estimate of drug-likeness (QED) is 0.772. The standard InChI is InChI=1S/C22H32N2O4/c1-16-19(22(2,3)4)28-21(26)24(16)14-17-10-12-23(13-11-17)20(25)27-15-18-8-6-5-7-9-18/h5-9,16-17,19H,10-15H2,1-4H3/t16-,19+/m1/s1. The van der Waals surface area contributed by atoms with E-state index in [0.29, 0.717) is 32.2 Å². The van der Waals surface area contributed by atoms with Gasteiger partial charge in [-0.3, -0.25) is 0 Å². The minimum absolute atomic E-state index is 0.0707. The molecule has 2 saturated heterocycles. The van der Waals surface area contributed by atoms with Crippen LogP contribution >= 0.6 is 0 Å². The van der Waals surface area contributed by atoms with Crippen molar-refractivity contribution >= 4 is 12.2 Å². The number of nitrogens with zero attached hydrogens (tertiary/aromatic N) is 2. The Balaban J connectivity index is 1.45. The van der Waals surface area contributed by atoms with Gasteiger partial charge in [-0.15, -0.1) is 0 Å². The molecule has 154 valence electrons. The molecule has 0 radical (unpaired) electrons. The van der Waals surface area contributed by atoms with Gasteiger partial charge in [0.2, 0.25) is 0 Å². The fourth-order valence-electron chi connectivity index (χ4n) is 4.13. The summed E-state index contributed by atoms with van der Waals surface area (Å²) in [6, 6.07) is 9.77. The van der Waals surface area contributed by atoms with Gasteiger partial charge in [0, 0.05) is 25.0 Å². The summed E-state index contributed by atoms with van der Waals surface area (Å²) in [5.41, 5.74) is 0.913. The summed E-state index contributed by atoms with van der Waals surface area (Å²) < 4.78 is 11.1. The lowest BCUT2D eigenvalue weighted by atomic mass is 9.85. The van der Waals surface area contributed by atoms with Crippen LogP contribution in [0, 0.1) is 11.3 Å². The Kier molecular flexibility index (Phi) is 6.16. The minimum atomic E-state index is -0.260. The van der Waals surface area contributed by atoms with Crippen molar-refractivity contribution < 1.29 is 19.1 Å². The lowest BCUT2D eigenvalue weighted by Crippen LogP contribution is -2.45. The first-order chi connectivity index (χ1) is 13.3. The van der Waals surface area contributed by atoms with Crippen LogP contribution in [-0.4, -0.2) is 53.8 Å². The number of carbonyl (C=O) groups excluding carboxylic acids is 2. The molecular weight excluding hydrogens is 356 g/mol. The first-order valence-electron chi connectivity index (χ1n) is 10.2. The van der Waals surface area contributed by atoms with Gasteiger partial charge in [0.1, 0.15) is 12.7 Å². The third-order valence-corrected chi connectivity index (χ3v) is 5.78. The van der Waals surface area contributed by atoms with E-state index in [0.717, 1.165) is 18.4 Å². The third-order valence-electron chi connectivity index (χ3n) is 5.78. The van der Waals surface area contributed by atoms with Gasteiger partial charge in [0.05, 0.1) is 6.04 Å². The highest BCUT2D eigenvalue weighted by atomic mass is 16.6. The van der Waals surface area contributed by atoms with Crippen LogP contribution < -0.4 is 0 Å². The molecule has 1 aromatic rings. The first kappa shape index (κ1) is 20.5. The van der Waals surface area contributed by atoms with E-state index < -0.39 is 0 Å². The first-order valence-corrected chi connectivity index (χ1v) is 10.2. The van der Waals surface area contributed by atoms with E-state index in [4.69, 9.17) is 9.47 Å². The highest BCUT2D eigenvalue weighted by molar-refractivity contribution is 5.71. The molecule has 2 atom stereocenters. The molecule has 0 spiro atoms. The Bertz CT molecular complexity index is 678. The molecule has 0 aliphatic carbocycles. The summed E-state index contributed by atoms with van der Waals surface area (Å²) in [7, 11) is 0. The number of piperidine rings is 1. The molecule has 0 bridgehead atoms. The highest BCUT2D eigenvalue weighted by Gasteiger charge is 2.45. The van der Waals surface area contributed by atoms with Gasteiger partial charge < -0.3 is 19.3 Å². The second kappa shape index (κ2) is 8.41. The van der Waals surface area contributed by atoms with E-state index >= 15 is 0 Å². The Hall–Kier alpha value is -2.24. The van der Waals surface area contributed by atoms with Crippen molar-refractivity contribution in [2.75, 3.05) is 19.6 Å². The van der Waals surface area contributed by atoms with Crippen LogP contribution in [-0.2, 0) is 16.1 Å². The molecule has 0 saturated carbocycles. The average molecular weight is 389 g/mol. The highest BCUT2D eigenvalue weighted by Crippen LogP contribution is 2.34. The molecule has 2 amide bonds. The third kappa shape index (κ3) is 4.78. The lowest BCUT2D eigenvalue weighted by Gasteiger charge is -2.34. The second-order valence-electron chi connectivity index (χ2n) is 9.03. The largest absolute Gasteiger partial charge is 0.445 e. The number of likely N-dealkylation sites (tertiary alicyclic amines) is 1. The van der Waals surface area contributed by atoms with E-state index in [2.05, 4.69) is 27.7 Å². The van der Waals surface area contributed by atoms with Crippen molar-refractivity contribution in [3.63, 3.8) is 0 Å². The average Bonchev–Trinajstić information content (AvgIpc) is 2.96. The van der Waals surface area contributed by atoms with Crippen LogP contribution in [0.3, 0.4) is 0 Å². The molecule has 6 heteroatoms. The van der Waals surface area contributed by atoms with Crippen LogP contribution in [0.2, 0.25) is 0 Å². The van der Waals surface area contributed by atoms with Crippen molar-refractivity contribution in [2.45, 2.75) is 59.3 Å². The zero-order valence-electron chi connectivity index (χ0n) is 17.4. The zero-order chi connectivity index (χ0) is 20.3. The molecule has 3 rings (SSSR count). The van der Waals surface area contributed by atoms with E-state index in [1.807, 2.05) is 35.2 Å². The van der Waals surface area contributed by atoms with E-state index in [1.165, 1.54) is 0 Å². The normalized spacial score (nSPS) is 23.6. The predicted molar refractivity (Wildman–Crippen MR) is 107 cm³/mol. The van der Waals surface area contributed by atoms with Gasteiger partial charge in [0.25, 0.3) is 0 Å². The number of amides is 2. The number of hydrogen-bond donors (Lipinski definition) is 0. The number of ether oxygens (including phenoxy) is 2. The molecule has 0 N–H and O–H groups in total. The minimum Gasteiger partial charge on any atom is -0.445 e. The number of benzene rings is 1. The number of carbonyl (C=O) groups is 2. The van der Waals surface area contributed by atoms with Crippen LogP contribution in [0.25, 0.3) is 0 Å². The summed E-state index contributed by atoms with van der Waals surface area (Å²) in [6.07, 6.45) is 1.18. The summed E-state index contributed by atoms with van der Waals surface area (Å²) >= 11 is 0. The second-order valence-corrected chi connectivity index (χ2v) is 9.03. The van der Waals surface area contributed by atoms with Crippen LogP contribution in [0.5, 0.6) is 0 Å². The summed E-state index contributed by atoms with van der Waals surface area (Å²) in [4.78, 5) is 28.3. The number of rotatable bonds is 4. The van der Waals surface area contributed by atoms with E-state index in [-0.39, 0.29) is 29.7 Å². The Morgan fingerprint density at radius 2 is 1.82 bits per heavy atom. The maximum Gasteiger partial charge on any atom is 0.410 e. The predicted octanol–water partition coefficient (Wildman–Crippen LogP) is 4.29. The van der Waals surface area contributed by atoms with Crippen molar-refractivity contribution in [1.82, 2.24) is 9.80 Å². The van der Waals surface area contributed by atoms with Crippen LogP contribution in [0.4, 0.5) is 9.59 Å². The maximum atomic E-state index is 12.3. The monoisotopic (exact) mass is 388 g/mol. The smallest absolute Gasteiger partial charge is 0.410 e. The lowest BCUT2D eigenvalue weighted by molar-refractivity contribution is 0.0580. The van der Waals surface area contributed by atoms with Crippen molar-refractivity contribution in [3.05, 3.63) is 35.9 Å². The Morgan fingerprint density at radius 1 is 1.18 bits per heavy atom. The molecular formula is C22H32N2O4. The SMILES string of the molecule is C[C@@H]1[C@@H](C(C)(C)C)OC(=O)N1CC1CCN(C(=O)OCc2ccccc2)CC1. The molecule has 28 heavy (non-hydrogen) atoms. The number of cyclic esters (lactones) is 1. The Morgan fingerprint density at radius 3 is 2.39 bits per heavy atom. The van der Waals surface area contributed by atoms with E-state index in [9.17, 15) is 9.59 Å². The molecule has 0 aromatic heterocycles. The summed E-state index contributed by atoms with van der Waals surface area (Å²) in [5, 5.41) is 0. The molecule has 2 aliphatic rings. The fourth-order valence-corrected chi connectivity index (χ4v) is 4.13. The molecule has 0 unspecified atom stereocenters. The summed E-state index contributed by atoms with van der Waals surface area (Å²) in [5.74, 6) is 0.381. The zero-order valence-corrected chi connectivity index (χ0v) is 17.4. The van der Waals surface area contributed by atoms with Gasteiger partial charge in [-0.25, -0.2) is 9.59 Å². The van der Waals surface area contributed by atoms with Gasteiger partial charge in [-0.2, -0.15) is 0 Å². The fraction of sp³-hybridized carbons (Fsp3) is 0.636. The Labute approximate surface area is 167 Å². The van der Waals surface area contributed by atoms with Gasteiger partial charge in [-0.05, 0) is 31.2 Å². The van der Waals surface area contributed by atoms with E-state index in [1.54, 1.807) is 4.90 Å². The topological polar surface area (TPSA) is 59.1 Å². The van der Waals surface area contributed by atoms with Crippen LogP contribution in [0.15, 0.2) is 30.3 Å². The van der Waals surface area contributed by atoms with Gasteiger partial charge in [0.15, 0.2) is 0 Å². The van der Waals surface area contributed by atoms with Crippen molar-refractivity contribution in [1.29, 1.82) is 0 Å². The van der Waals surface area contributed by atoms with Crippen LogP contribution in [0.1, 0.15) is 46.1 Å². The molecule has 1 aromatic carbocycles. The summed E-state index contributed by atoms with van der Waals surface area (Å²) in [6.45, 7) is 10.7. The molecule has 6 nitrogen and oxygen atoms in total. The maximum absolute atomic E-state index is 12.3. The molecule has 2 fully saturated rings. The van der Waals surface area contributed by atoms with Gasteiger partial charge in [-0.1, -0.05) is 51.1 Å².